The van der Waals surface area contributed by atoms with Crippen LogP contribution in [-0.2, 0) is 19.1 Å². The summed E-state index contributed by atoms with van der Waals surface area (Å²) in [6, 6.07) is 0. The van der Waals surface area contributed by atoms with Gasteiger partial charge in [0, 0.05) is 0 Å². The lowest BCUT2D eigenvalue weighted by molar-refractivity contribution is -0.158. The van der Waals surface area contributed by atoms with E-state index in [0.717, 1.165) is 6.42 Å². The zero-order valence-corrected chi connectivity index (χ0v) is 8.80. The zero-order valence-electron chi connectivity index (χ0n) is 8.80. The zero-order chi connectivity index (χ0) is 11.0. The Kier molecular flexibility index (Phi) is 2.50. The van der Waals surface area contributed by atoms with Crippen LogP contribution in [0.4, 0.5) is 0 Å². The number of hydrogen-bond acceptors (Lipinski definition) is 4. The highest BCUT2D eigenvalue weighted by atomic mass is 16.5. The van der Waals surface area contributed by atoms with Crippen molar-refractivity contribution in [2.75, 3.05) is 14.2 Å². The predicted molar refractivity (Wildman–Crippen MR) is 51.7 cm³/mol. The van der Waals surface area contributed by atoms with Crippen molar-refractivity contribution in [3.63, 3.8) is 0 Å². The minimum Gasteiger partial charge on any atom is -0.469 e. The van der Waals surface area contributed by atoms with Crippen LogP contribution in [0.5, 0.6) is 0 Å². The molecule has 2 unspecified atom stereocenters. The smallest absolute Gasteiger partial charge is 0.310 e. The van der Waals surface area contributed by atoms with Gasteiger partial charge in [0.25, 0.3) is 0 Å². The largest absolute Gasteiger partial charge is 0.469 e. The van der Waals surface area contributed by atoms with Gasteiger partial charge in [0.05, 0.1) is 26.1 Å². The summed E-state index contributed by atoms with van der Waals surface area (Å²) in [4.78, 5) is 23.1. The van der Waals surface area contributed by atoms with E-state index in [1.54, 1.807) is 0 Å². The number of fused-ring (bicyclic) bond motifs is 2. The molecule has 15 heavy (non-hydrogen) atoms. The molecular formula is C11H14O4. The molecule has 0 amide bonds. The van der Waals surface area contributed by atoms with E-state index in [1.165, 1.54) is 14.2 Å². The lowest BCUT2D eigenvalue weighted by Crippen LogP contribution is -2.34. The molecule has 0 radical (unpaired) electrons. The standard InChI is InChI=1S/C11H14O4/c1-14-10(12)8-6-3-4-7(5-6)9(8)11(13)15-2/h3-4,6-9H,5H2,1-2H3/t6?,7?,8-,9-/m1/s1. The summed E-state index contributed by atoms with van der Waals surface area (Å²) in [5, 5.41) is 0. The molecule has 4 heteroatoms. The molecule has 0 aliphatic heterocycles. The van der Waals surface area contributed by atoms with Crippen LogP contribution < -0.4 is 0 Å². The van der Waals surface area contributed by atoms with Crippen molar-refractivity contribution in [2.45, 2.75) is 6.42 Å². The van der Waals surface area contributed by atoms with E-state index in [2.05, 4.69) is 0 Å². The van der Waals surface area contributed by atoms with E-state index in [4.69, 9.17) is 9.47 Å². The molecule has 82 valence electrons. The Hall–Kier alpha value is -1.32. The molecular weight excluding hydrogens is 196 g/mol. The van der Waals surface area contributed by atoms with Crippen molar-refractivity contribution in [3.05, 3.63) is 12.2 Å². The van der Waals surface area contributed by atoms with Crippen molar-refractivity contribution in [1.82, 2.24) is 0 Å². The third-order valence-electron chi connectivity index (χ3n) is 3.41. The maximum Gasteiger partial charge on any atom is 0.310 e. The number of carbonyl (C=O) groups is 2. The van der Waals surface area contributed by atoms with Gasteiger partial charge in [-0.15, -0.1) is 0 Å². The van der Waals surface area contributed by atoms with Crippen molar-refractivity contribution < 1.29 is 19.1 Å². The second kappa shape index (κ2) is 3.68. The average Bonchev–Trinajstić information content (AvgIpc) is 2.86. The van der Waals surface area contributed by atoms with Gasteiger partial charge in [-0.2, -0.15) is 0 Å². The molecule has 0 aromatic heterocycles. The summed E-state index contributed by atoms with van der Waals surface area (Å²) in [5.74, 6) is -1.02. The second-order valence-electron chi connectivity index (χ2n) is 4.05. The second-order valence-corrected chi connectivity index (χ2v) is 4.05. The van der Waals surface area contributed by atoms with Gasteiger partial charge in [-0.1, -0.05) is 12.2 Å². The topological polar surface area (TPSA) is 52.6 Å². The highest BCUT2D eigenvalue weighted by Gasteiger charge is 2.52. The first-order valence-corrected chi connectivity index (χ1v) is 5.03. The lowest BCUT2D eigenvalue weighted by atomic mass is 9.83. The molecule has 2 rings (SSSR count). The normalized spacial score (nSPS) is 36.7. The van der Waals surface area contributed by atoms with Crippen LogP contribution in [0, 0.1) is 23.7 Å². The highest BCUT2D eigenvalue weighted by molar-refractivity contribution is 5.84. The average molecular weight is 210 g/mol. The van der Waals surface area contributed by atoms with Gasteiger partial charge in [0.1, 0.15) is 0 Å². The minimum atomic E-state index is -0.350. The van der Waals surface area contributed by atoms with Crippen molar-refractivity contribution in [2.24, 2.45) is 23.7 Å². The van der Waals surface area contributed by atoms with Crippen LogP contribution in [0.25, 0.3) is 0 Å². The molecule has 2 aliphatic carbocycles. The van der Waals surface area contributed by atoms with E-state index >= 15 is 0 Å². The summed E-state index contributed by atoms with van der Waals surface area (Å²) in [7, 11) is 2.71. The van der Waals surface area contributed by atoms with Crippen LogP contribution in [0.15, 0.2) is 12.2 Å². The van der Waals surface area contributed by atoms with Crippen LogP contribution in [0.1, 0.15) is 6.42 Å². The number of esters is 2. The molecule has 0 aromatic carbocycles. The maximum absolute atomic E-state index is 11.6. The van der Waals surface area contributed by atoms with Crippen LogP contribution in [-0.4, -0.2) is 26.2 Å². The van der Waals surface area contributed by atoms with Gasteiger partial charge in [-0.25, -0.2) is 0 Å². The summed E-state index contributed by atoms with van der Waals surface area (Å²) >= 11 is 0. The Bertz CT molecular complexity index is 291. The van der Waals surface area contributed by atoms with Crippen LogP contribution in [0.2, 0.25) is 0 Å². The van der Waals surface area contributed by atoms with Gasteiger partial charge < -0.3 is 9.47 Å². The Morgan fingerprint density at radius 1 is 1.00 bits per heavy atom. The van der Waals surface area contributed by atoms with Crippen LogP contribution in [0.3, 0.4) is 0 Å². The summed E-state index contributed by atoms with van der Waals surface area (Å²) in [5.41, 5.74) is 0. The predicted octanol–water partition coefficient (Wildman–Crippen LogP) is 0.771. The maximum atomic E-state index is 11.6. The van der Waals surface area contributed by atoms with Crippen molar-refractivity contribution >= 4 is 11.9 Å². The van der Waals surface area contributed by atoms with Gasteiger partial charge in [-0.3, -0.25) is 9.59 Å². The van der Waals surface area contributed by atoms with Crippen molar-refractivity contribution in [3.8, 4) is 0 Å². The molecule has 1 fully saturated rings. The number of methoxy groups -OCH3 is 2. The monoisotopic (exact) mass is 210 g/mol. The van der Waals surface area contributed by atoms with Crippen LogP contribution >= 0.6 is 0 Å². The van der Waals surface area contributed by atoms with Crippen molar-refractivity contribution in [1.29, 1.82) is 0 Å². The SMILES string of the molecule is COC(=O)[C@@H]1C2C=CC(C2)[C@H]1C(=O)OC. The molecule has 0 aromatic rings. The Balaban J connectivity index is 2.24. The molecule has 0 spiro atoms. The van der Waals surface area contributed by atoms with E-state index in [-0.39, 0.29) is 35.6 Å². The number of hydrogen-bond donors (Lipinski definition) is 0. The fourth-order valence-electron chi connectivity index (χ4n) is 2.74. The molecule has 4 nitrogen and oxygen atoms in total. The summed E-state index contributed by atoms with van der Waals surface area (Å²) in [6.07, 6.45) is 4.87. The molecule has 0 heterocycles. The first-order chi connectivity index (χ1) is 7.19. The van der Waals surface area contributed by atoms with E-state index in [0.29, 0.717) is 0 Å². The lowest BCUT2D eigenvalue weighted by Gasteiger charge is -2.23. The molecule has 1 saturated carbocycles. The quantitative estimate of drug-likeness (QED) is 0.499. The molecule has 0 saturated heterocycles. The Morgan fingerprint density at radius 3 is 1.73 bits per heavy atom. The number of allylic oxidation sites excluding steroid dienone is 2. The Morgan fingerprint density at radius 2 is 1.40 bits per heavy atom. The van der Waals surface area contributed by atoms with E-state index in [9.17, 15) is 9.59 Å². The van der Waals surface area contributed by atoms with E-state index < -0.39 is 0 Å². The third-order valence-corrected chi connectivity index (χ3v) is 3.41. The fraction of sp³-hybridized carbons (Fsp3) is 0.636. The minimum absolute atomic E-state index is 0.145. The van der Waals surface area contributed by atoms with Gasteiger partial charge in [0.15, 0.2) is 0 Å². The van der Waals surface area contributed by atoms with Gasteiger partial charge >= 0.3 is 11.9 Å². The molecule has 2 bridgehead atoms. The molecule has 2 aliphatic rings. The Labute approximate surface area is 88.2 Å². The van der Waals surface area contributed by atoms with E-state index in [1.807, 2.05) is 12.2 Å². The molecule has 0 N–H and O–H groups in total. The fourth-order valence-corrected chi connectivity index (χ4v) is 2.74. The van der Waals surface area contributed by atoms with Gasteiger partial charge in [0.2, 0.25) is 0 Å². The summed E-state index contributed by atoms with van der Waals surface area (Å²) in [6.45, 7) is 0. The first kappa shape index (κ1) is 10.2. The first-order valence-electron chi connectivity index (χ1n) is 5.03. The van der Waals surface area contributed by atoms with Gasteiger partial charge in [-0.05, 0) is 18.3 Å². The summed E-state index contributed by atoms with van der Waals surface area (Å²) < 4.78 is 9.46. The molecule has 4 atom stereocenters. The third kappa shape index (κ3) is 1.44. The highest BCUT2D eigenvalue weighted by Crippen LogP contribution is 2.48. The number of rotatable bonds is 2. The number of carbonyl (C=O) groups excluding carboxylic acids is 2. The number of ether oxygens (including phenoxy) is 2.